The Hall–Kier alpha value is -3.33. The monoisotopic (exact) mass is 393 g/mol. The van der Waals surface area contributed by atoms with Gasteiger partial charge in [0.15, 0.2) is 11.5 Å². The van der Waals surface area contributed by atoms with Crippen LogP contribution in [0.2, 0.25) is 5.02 Å². The summed E-state index contributed by atoms with van der Waals surface area (Å²) in [5.74, 6) is 0.427. The number of nitrogens with zero attached hydrogens (tertiary/aromatic N) is 2. The third-order valence-corrected chi connectivity index (χ3v) is 3.83. The Labute approximate surface area is 159 Å². The van der Waals surface area contributed by atoms with E-state index >= 15 is 0 Å². The lowest BCUT2D eigenvalue weighted by atomic mass is 10.1. The number of nitro groups is 1. The lowest BCUT2D eigenvalue weighted by Gasteiger charge is -2.13. The first-order chi connectivity index (χ1) is 12.9. The van der Waals surface area contributed by atoms with Crippen molar-refractivity contribution in [1.29, 1.82) is 0 Å². The SMILES string of the molecule is COc1cc(C(=O)N/N=C\c2cc([N+](=O)[O-])ccc2Cl)cc(OC)c1OC. The van der Waals surface area contributed by atoms with Crippen molar-refractivity contribution in [2.24, 2.45) is 5.10 Å². The molecule has 0 bridgehead atoms. The van der Waals surface area contributed by atoms with Gasteiger partial charge in [0.05, 0.1) is 32.5 Å². The number of benzene rings is 2. The largest absolute Gasteiger partial charge is 0.493 e. The second kappa shape index (κ2) is 8.86. The molecular weight excluding hydrogens is 378 g/mol. The van der Waals surface area contributed by atoms with Gasteiger partial charge >= 0.3 is 0 Å². The Morgan fingerprint density at radius 1 is 1.15 bits per heavy atom. The van der Waals surface area contributed by atoms with Crippen LogP contribution in [0.5, 0.6) is 17.2 Å². The number of nitro benzene ring substituents is 1. The molecule has 0 spiro atoms. The van der Waals surface area contributed by atoms with Gasteiger partial charge in [0.1, 0.15) is 0 Å². The maximum absolute atomic E-state index is 12.3. The average Bonchev–Trinajstić information content (AvgIpc) is 2.67. The Morgan fingerprint density at radius 2 is 1.78 bits per heavy atom. The van der Waals surface area contributed by atoms with E-state index in [0.717, 1.165) is 0 Å². The lowest BCUT2D eigenvalue weighted by molar-refractivity contribution is -0.384. The summed E-state index contributed by atoms with van der Waals surface area (Å²) in [6, 6.07) is 6.83. The molecular formula is C17H16ClN3O6. The van der Waals surface area contributed by atoms with Crippen LogP contribution in [-0.2, 0) is 0 Å². The molecule has 2 aromatic rings. The van der Waals surface area contributed by atoms with Gasteiger partial charge in [0, 0.05) is 28.3 Å². The van der Waals surface area contributed by atoms with Crippen molar-refractivity contribution in [3.63, 3.8) is 0 Å². The highest BCUT2D eigenvalue weighted by Crippen LogP contribution is 2.38. The van der Waals surface area contributed by atoms with E-state index in [-0.39, 0.29) is 21.8 Å². The molecule has 0 unspecified atom stereocenters. The van der Waals surface area contributed by atoms with Gasteiger partial charge in [-0.2, -0.15) is 5.10 Å². The highest BCUT2D eigenvalue weighted by atomic mass is 35.5. The fourth-order valence-corrected chi connectivity index (χ4v) is 2.35. The van der Waals surface area contributed by atoms with Crippen LogP contribution in [0.3, 0.4) is 0 Å². The van der Waals surface area contributed by atoms with Crippen molar-refractivity contribution in [3.05, 3.63) is 56.6 Å². The molecule has 2 aromatic carbocycles. The minimum Gasteiger partial charge on any atom is -0.493 e. The highest BCUT2D eigenvalue weighted by molar-refractivity contribution is 6.33. The third-order valence-electron chi connectivity index (χ3n) is 3.49. The van der Waals surface area contributed by atoms with Gasteiger partial charge in [-0.1, -0.05) is 11.6 Å². The number of rotatable bonds is 7. The quantitative estimate of drug-likeness (QED) is 0.439. The maximum atomic E-state index is 12.3. The van der Waals surface area contributed by atoms with Gasteiger partial charge in [-0.05, 0) is 18.2 Å². The molecule has 2 rings (SSSR count). The number of nitrogens with one attached hydrogen (secondary N) is 1. The van der Waals surface area contributed by atoms with Crippen molar-refractivity contribution >= 4 is 29.4 Å². The van der Waals surface area contributed by atoms with Crippen LogP contribution >= 0.6 is 11.6 Å². The number of ether oxygens (including phenoxy) is 3. The number of hydrogen-bond donors (Lipinski definition) is 1. The van der Waals surface area contributed by atoms with Crippen LogP contribution < -0.4 is 19.6 Å². The summed E-state index contributed by atoms with van der Waals surface area (Å²) in [6.45, 7) is 0. The Kier molecular flexibility index (Phi) is 6.56. The zero-order valence-electron chi connectivity index (χ0n) is 14.7. The first-order valence-electron chi connectivity index (χ1n) is 7.48. The molecule has 0 aromatic heterocycles. The molecule has 0 saturated heterocycles. The van der Waals surface area contributed by atoms with E-state index in [9.17, 15) is 14.9 Å². The second-order valence-electron chi connectivity index (χ2n) is 5.08. The van der Waals surface area contributed by atoms with Crippen LogP contribution in [0.1, 0.15) is 15.9 Å². The third kappa shape index (κ3) is 4.64. The normalized spacial score (nSPS) is 10.5. The molecule has 0 heterocycles. The van der Waals surface area contributed by atoms with Crippen LogP contribution in [0.4, 0.5) is 5.69 Å². The molecule has 10 heteroatoms. The summed E-state index contributed by atoms with van der Waals surface area (Å²) in [5.41, 5.74) is 2.67. The van der Waals surface area contributed by atoms with Gasteiger partial charge in [-0.3, -0.25) is 14.9 Å². The van der Waals surface area contributed by atoms with E-state index < -0.39 is 10.8 Å². The smallest absolute Gasteiger partial charge is 0.271 e. The van der Waals surface area contributed by atoms with Gasteiger partial charge in [0.2, 0.25) is 5.75 Å². The summed E-state index contributed by atoms with van der Waals surface area (Å²) in [5, 5.41) is 14.9. The Bertz CT molecular complexity index is 875. The zero-order valence-corrected chi connectivity index (χ0v) is 15.4. The van der Waals surface area contributed by atoms with E-state index in [0.29, 0.717) is 17.2 Å². The Morgan fingerprint density at radius 3 is 2.30 bits per heavy atom. The fraction of sp³-hybridized carbons (Fsp3) is 0.176. The molecule has 0 aliphatic carbocycles. The zero-order chi connectivity index (χ0) is 20.0. The van der Waals surface area contributed by atoms with E-state index in [4.69, 9.17) is 25.8 Å². The van der Waals surface area contributed by atoms with Crippen LogP contribution in [-0.4, -0.2) is 38.4 Å². The molecule has 9 nitrogen and oxygen atoms in total. The summed E-state index contributed by atoms with van der Waals surface area (Å²) < 4.78 is 15.6. The standard InChI is InChI=1S/C17H16ClN3O6/c1-25-14-7-10(8-15(26-2)16(14)27-3)17(22)20-19-9-11-6-12(21(23)24)4-5-13(11)18/h4-9H,1-3H3,(H,20,22)/b19-9-. The van der Waals surface area contributed by atoms with E-state index in [1.54, 1.807) is 0 Å². The minimum absolute atomic E-state index is 0.142. The van der Waals surface area contributed by atoms with Crippen molar-refractivity contribution in [2.75, 3.05) is 21.3 Å². The molecule has 0 radical (unpaired) electrons. The van der Waals surface area contributed by atoms with Crippen molar-refractivity contribution in [2.45, 2.75) is 0 Å². The lowest BCUT2D eigenvalue weighted by Crippen LogP contribution is -2.18. The maximum Gasteiger partial charge on any atom is 0.271 e. The Balaban J connectivity index is 2.22. The molecule has 0 aliphatic heterocycles. The number of methoxy groups -OCH3 is 3. The second-order valence-corrected chi connectivity index (χ2v) is 5.48. The summed E-state index contributed by atoms with van der Waals surface area (Å²) >= 11 is 5.97. The number of hydrogen-bond acceptors (Lipinski definition) is 7. The summed E-state index contributed by atoms with van der Waals surface area (Å²) in [7, 11) is 4.32. The number of hydrazone groups is 1. The predicted molar refractivity (Wildman–Crippen MR) is 99.3 cm³/mol. The molecule has 1 amide bonds. The first-order valence-corrected chi connectivity index (χ1v) is 7.86. The average molecular weight is 394 g/mol. The summed E-state index contributed by atoms with van der Waals surface area (Å²) in [4.78, 5) is 22.6. The van der Waals surface area contributed by atoms with Crippen molar-refractivity contribution < 1.29 is 23.9 Å². The topological polar surface area (TPSA) is 112 Å². The van der Waals surface area contributed by atoms with Gasteiger partial charge in [0.25, 0.3) is 11.6 Å². The van der Waals surface area contributed by atoms with E-state index in [2.05, 4.69) is 10.5 Å². The molecule has 0 fully saturated rings. The number of carbonyl (C=O) groups is 1. The number of halogens is 1. The van der Waals surface area contributed by atoms with Gasteiger partial charge < -0.3 is 14.2 Å². The van der Waals surface area contributed by atoms with Crippen molar-refractivity contribution in [3.8, 4) is 17.2 Å². The molecule has 0 saturated carbocycles. The molecule has 142 valence electrons. The van der Waals surface area contributed by atoms with E-state index in [1.165, 1.54) is 57.9 Å². The number of amides is 1. The summed E-state index contributed by atoms with van der Waals surface area (Å²) in [6.07, 6.45) is 1.21. The molecule has 27 heavy (non-hydrogen) atoms. The van der Waals surface area contributed by atoms with Crippen LogP contribution in [0, 0.1) is 10.1 Å². The van der Waals surface area contributed by atoms with Crippen LogP contribution in [0.25, 0.3) is 0 Å². The van der Waals surface area contributed by atoms with Gasteiger partial charge in [-0.15, -0.1) is 0 Å². The van der Waals surface area contributed by atoms with Gasteiger partial charge in [-0.25, -0.2) is 5.43 Å². The first kappa shape index (κ1) is 20.0. The van der Waals surface area contributed by atoms with E-state index in [1.807, 2.05) is 0 Å². The van der Waals surface area contributed by atoms with Crippen LogP contribution in [0.15, 0.2) is 35.4 Å². The fourth-order valence-electron chi connectivity index (χ4n) is 2.18. The minimum atomic E-state index is -0.553. The molecule has 0 atom stereocenters. The number of carbonyl (C=O) groups excluding carboxylic acids is 1. The molecule has 1 N–H and O–H groups in total. The predicted octanol–water partition coefficient (Wildman–Crippen LogP) is 3.04. The highest BCUT2D eigenvalue weighted by Gasteiger charge is 2.16. The number of non-ortho nitro benzene ring substituents is 1. The van der Waals surface area contributed by atoms with Crippen molar-refractivity contribution in [1.82, 2.24) is 5.43 Å². The molecule has 0 aliphatic rings.